The van der Waals surface area contributed by atoms with Gasteiger partial charge in [-0.3, -0.25) is 4.90 Å². The summed E-state index contributed by atoms with van der Waals surface area (Å²) in [5.41, 5.74) is 5.35. The van der Waals surface area contributed by atoms with Gasteiger partial charge in [-0.2, -0.15) is 0 Å². The van der Waals surface area contributed by atoms with Crippen LogP contribution in [-0.2, 0) is 19.4 Å². The Morgan fingerprint density at radius 2 is 1.89 bits per heavy atom. The average molecular weight is 400 g/mol. The van der Waals surface area contributed by atoms with Crippen molar-refractivity contribution in [1.82, 2.24) is 14.5 Å². The third-order valence-corrected chi connectivity index (χ3v) is 6.59. The number of aryl methyl sites for hydroxylation is 2. The van der Waals surface area contributed by atoms with E-state index in [0.29, 0.717) is 6.04 Å². The summed E-state index contributed by atoms with van der Waals surface area (Å²) in [7, 11) is 0. The zero-order valence-corrected chi connectivity index (χ0v) is 16.8. The molecule has 0 bridgehead atoms. The Bertz CT molecular complexity index is 977. The molecule has 0 aliphatic carbocycles. The summed E-state index contributed by atoms with van der Waals surface area (Å²) in [5, 5.41) is 2.77. The van der Waals surface area contributed by atoms with Crippen molar-refractivity contribution >= 4 is 34.2 Å². The van der Waals surface area contributed by atoms with E-state index in [2.05, 4.69) is 27.7 Å². The first-order valence-corrected chi connectivity index (χ1v) is 10.6. The molecule has 5 rings (SSSR count). The van der Waals surface area contributed by atoms with Crippen molar-refractivity contribution < 1.29 is 0 Å². The lowest BCUT2D eigenvalue weighted by atomic mass is 9.89. The smallest absolute Gasteiger partial charge is 0.140 e. The van der Waals surface area contributed by atoms with Crippen LogP contribution in [0.3, 0.4) is 0 Å². The second kappa shape index (κ2) is 7.12. The number of rotatable bonds is 3. The molecular formula is C22H23Cl2N3. The number of fused-ring (bicyclic) bond motifs is 5. The molecule has 2 aliphatic heterocycles. The minimum absolute atomic E-state index is 0.530. The summed E-state index contributed by atoms with van der Waals surface area (Å²) in [6.45, 7) is 3.31. The monoisotopic (exact) mass is 399 g/mol. The van der Waals surface area contributed by atoms with Crippen molar-refractivity contribution in [3.63, 3.8) is 0 Å². The lowest BCUT2D eigenvalue weighted by Gasteiger charge is -2.39. The topological polar surface area (TPSA) is 21.1 Å². The Labute approximate surface area is 169 Å². The van der Waals surface area contributed by atoms with E-state index in [1.165, 1.54) is 48.0 Å². The molecule has 140 valence electrons. The first kappa shape index (κ1) is 17.5. The predicted molar refractivity (Wildman–Crippen MR) is 112 cm³/mol. The van der Waals surface area contributed by atoms with E-state index in [9.17, 15) is 0 Å². The Hall–Kier alpha value is -1.55. The lowest BCUT2D eigenvalue weighted by Crippen LogP contribution is -2.39. The second-order valence-corrected chi connectivity index (χ2v) is 8.58. The number of halogens is 2. The van der Waals surface area contributed by atoms with Crippen LogP contribution >= 0.6 is 23.2 Å². The highest BCUT2D eigenvalue weighted by molar-refractivity contribution is 6.31. The van der Waals surface area contributed by atoms with Gasteiger partial charge in [-0.1, -0.05) is 41.8 Å². The van der Waals surface area contributed by atoms with Crippen molar-refractivity contribution in [3.05, 3.63) is 63.4 Å². The summed E-state index contributed by atoms with van der Waals surface area (Å²) >= 11 is 12.4. The van der Waals surface area contributed by atoms with Gasteiger partial charge in [0.25, 0.3) is 0 Å². The molecule has 0 N–H and O–H groups in total. The average Bonchev–Trinajstić information content (AvgIpc) is 3.01. The molecule has 0 amide bonds. The minimum Gasteiger partial charge on any atom is -0.329 e. The number of hydrogen-bond donors (Lipinski definition) is 0. The fourth-order valence-corrected chi connectivity index (χ4v) is 5.17. The summed E-state index contributed by atoms with van der Waals surface area (Å²) in [6, 6.07) is 10.8. The van der Waals surface area contributed by atoms with Gasteiger partial charge in [0.05, 0.1) is 5.02 Å². The van der Waals surface area contributed by atoms with Gasteiger partial charge in [0.2, 0.25) is 0 Å². The molecule has 1 unspecified atom stereocenters. The van der Waals surface area contributed by atoms with Gasteiger partial charge in [-0.25, -0.2) is 4.98 Å². The molecule has 3 aromatic rings. The molecule has 2 aromatic heterocycles. The number of benzene rings is 1. The Morgan fingerprint density at radius 1 is 1.04 bits per heavy atom. The summed E-state index contributed by atoms with van der Waals surface area (Å²) in [4.78, 5) is 7.40. The Kier molecular flexibility index (Phi) is 4.63. The number of piperidine rings is 1. The van der Waals surface area contributed by atoms with Crippen molar-refractivity contribution in [2.24, 2.45) is 0 Å². The van der Waals surface area contributed by atoms with Gasteiger partial charge in [0.1, 0.15) is 5.65 Å². The van der Waals surface area contributed by atoms with Gasteiger partial charge in [0, 0.05) is 47.9 Å². The standard InChI is InChI=1S/C22H23Cl2N3/c23-16-6-4-15(5-7-16)8-12-27-20-9-11-26-10-2-1-3-19(26)21(20)18-13-17(24)14-25-22(18)27/h4-7,13-14,19H,1-3,8-12H2. The quantitative estimate of drug-likeness (QED) is 0.565. The molecule has 0 saturated carbocycles. The van der Waals surface area contributed by atoms with E-state index < -0.39 is 0 Å². The summed E-state index contributed by atoms with van der Waals surface area (Å²) in [6.07, 6.45) is 7.74. The van der Waals surface area contributed by atoms with Crippen LogP contribution in [0.4, 0.5) is 0 Å². The van der Waals surface area contributed by atoms with Crippen LogP contribution in [0.1, 0.15) is 42.1 Å². The Balaban J connectivity index is 1.57. The maximum atomic E-state index is 6.34. The van der Waals surface area contributed by atoms with E-state index in [-0.39, 0.29) is 0 Å². The molecular weight excluding hydrogens is 377 g/mol. The van der Waals surface area contributed by atoms with Crippen LogP contribution in [0.15, 0.2) is 36.5 Å². The van der Waals surface area contributed by atoms with Gasteiger partial charge < -0.3 is 4.57 Å². The highest BCUT2D eigenvalue weighted by Crippen LogP contribution is 2.42. The van der Waals surface area contributed by atoms with E-state index >= 15 is 0 Å². The fourth-order valence-electron chi connectivity index (χ4n) is 4.88. The molecule has 4 heterocycles. The zero-order valence-electron chi connectivity index (χ0n) is 15.3. The second-order valence-electron chi connectivity index (χ2n) is 7.71. The van der Waals surface area contributed by atoms with Crippen molar-refractivity contribution in [1.29, 1.82) is 0 Å². The van der Waals surface area contributed by atoms with E-state index in [0.717, 1.165) is 41.6 Å². The highest BCUT2D eigenvalue weighted by atomic mass is 35.5. The predicted octanol–water partition coefficient (Wildman–Crippen LogP) is 5.67. The molecule has 1 atom stereocenters. The molecule has 0 radical (unpaired) electrons. The van der Waals surface area contributed by atoms with Crippen LogP contribution < -0.4 is 0 Å². The molecule has 1 fully saturated rings. The molecule has 5 heteroatoms. The molecule has 27 heavy (non-hydrogen) atoms. The SMILES string of the molecule is Clc1ccc(CCn2c3c(c4cc(Cl)cnc42)C2CCCCN2CC3)cc1. The normalized spacial score (nSPS) is 19.9. The number of pyridine rings is 1. The Morgan fingerprint density at radius 3 is 2.74 bits per heavy atom. The molecule has 1 saturated heterocycles. The van der Waals surface area contributed by atoms with Gasteiger partial charge >= 0.3 is 0 Å². The van der Waals surface area contributed by atoms with Gasteiger partial charge in [-0.15, -0.1) is 0 Å². The number of hydrogen-bond acceptors (Lipinski definition) is 2. The summed E-state index contributed by atoms with van der Waals surface area (Å²) < 4.78 is 2.45. The lowest BCUT2D eigenvalue weighted by molar-refractivity contribution is 0.138. The number of aromatic nitrogens is 2. The van der Waals surface area contributed by atoms with Crippen molar-refractivity contribution in [3.8, 4) is 0 Å². The zero-order chi connectivity index (χ0) is 18.4. The van der Waals surface area contributed by atoms with E-state index in [1.54, 1.807) is 6.20 Å². The van der Waals surface area contributed by atoms with Crippen LogP contribution in [0.25, 0.3) is 11.0 Å². The van der Waals surface area contributed by atoms with Crippen LogP contribution in [0.2, 0.25) is 10.0 Å². The first-order chi connectivity index (χ1) is 13.2. The largest absolute Gasteiger partial charge is 0.329 e. The maximum Gasteiger partial charge on any atom is 0.140 e. The van der Waals surface area contributed by atoms with Gasteiger partial charge in [-0.05, 0) is 55.1 Å². The highest BCUT2D eigenvalue weighted by Gasteiger charge is 2.34. The number of nitrogens with zero attached hydrogens (tertiary/aromatic N) is 3. The molecule has 2 aliphatic rings. The van der Waals surface area contributed by atoms with Crippen molar-refractivity contribution in [2.45, 2.75) is 44.7 Å². The van der Waals surface area contributed by atoms with Gasteiger partial charge in [0.15, 0.2) is 0 Å². The van der Waals surface area contributed by atoms with E-state index in [1.807, 2.05) is 12.1 Å². The maximum absolute atomic E-state index is 6.34. The molecule has 0 spiro atoms. The van der Waals surface area contributed by atoms with Crippen molar-refractivity contribution in [2.75, 3.05) is 13.1 Å². The van der Waals surface area contributed by atoms with Crippen LogP contribution in [0, 0.1) is 0 Å². The minimum atomic E-state index is 0.530. The summed E-state index contributed by atoms with van der Waals surface area (Å²) in [5.74, 6) is 0. The molecule has 1 aromatic carbocycles. The molecule has 3 nitrogen and oxygen atoms in total. The third-order valence-electron chi connectivity index (χ3n) is 6.14. The van der Waals surface area contributed by atoms with Crippen LogP contribution in [0.5, 0.6) is 0 Å². The van der Waals surface area contributed by atoms with Crippen LogP contribution in [-0.4, -0.2) is 27.5 Å². The van der Waals surface area contributed by atoms with E-state index in [4.69, 9.17) is 28.2 Å². The first-order valence-electron chi connectivity index (χ1n) is 9.86. The fraction of sp³-hybridized carbons (Fsp3) is 0.409. The third kappa shape index (κ3) is 3.16.